The lowest BCUT2D eigenvalue weighted by Gasteiger charge is -2.09. The van der Waals surface area contributed by atoms with Gasteiger partial charge in [0.25, 0.3) is 0 Å². The first-order valence-electron chi connectivity index (χ1n) is 9.38. The molecular weight excluding hydrogens is 364 g/mol. The Kier molecular flexibility index (Phi) is 5.16. The van der Waals surface area contributed by atoms with Gasteiger partial charge in [0.15, 0.2) is 0 Å². The first-order valence-corrected chi connectivity index (χ1v) is 9.38. The summed E-state index contributed by atoms with van der Waals surface area (Å²) in [6.45, 7) is 2.13. The summed E-state index contributed by atoms with van der Waals surface area (Å²) in [4.78, 5) is 25.4. The quantitative estimate of drug-likeness (QED) is 0.522. The Morgan fingerprint density at radius 1 is 0.931 bits per heavy atom. The Bertz CT molecular complexity index is 1160. The number of nitrogens with zero attached hydrogens (tertiary/aromatic N) is 3. The standard InChI is InChI=1S/C23H20N4O2/c1-2-29-22(28)17-10-8-16(9-11-17)18-12-13-19-21(25-18)20(27-23(24)26-19)14-15-6-4-3-5-7-15/h3-13H,2,14H2,1H3,(H2,24,26,27). The fraction of sp³-hybridized carbons (Fsp3) is 0.130. The van der Waals surface area contributed by atoms with Crippen molar-refractivity contribution in [2.24, 2.45) is 0 Å². The molecule has 0 fully saturated rings. The van der Waals surface area contributed by atoms with E-state index in [1.807, 2.05) is 54.6 Å². The van der Waals surface area contributed by atoms with Gasteiger partial charge in [0, 0.05) is 12.0 Å². The van der Waals surface area contributed by atoms with E-state index in [0.717, 1.165) is 28.0 Å². The van der Waals surface area contributed by atoms with Gasteiger partial charge in [0.1, 0.15) is 5.52 Å². The molecule has 0 unspecified atom stereocenters. The van der Waals surface area contributed by atoms with Crippen LogP contribution in [-0.4, -0.2) is 27.5 Å². The lowest BCUT2D eigenvalue weighted by molar-refractivity contribution is 0.0526. The molecule has 0 bridgehead atoms. The van der Waals surface area contributed by atoms with Crippen LogP contribution in [0.25, 0.3) is 22.3 Å². The number of esters is 1. The third-order valence-corrected chi connectivity index (χ3v) is 4.54. The summed E-state index contributed by atoms with van der Waals surface area (Å²) in [5.41, 5.74) is 11.4. The second-order valence-corrected chi connectivity index (χ2v) is 6.55. The van der Waals surface area contributed by atoms with Crippen LogP contribution in [0.5, 0.6) is 0 Å². The normalized spacial score (nSPS) is 10.8. The number of benzene rings is 2. The number of anilines is 1. The van der Waals surface area contributed by atoms with Crippen molar-refractivity contribution in [3.63, 3.8) is 0 Å². The Labute approximate surface area is 168 Å². The summed E-state index contributed by atoms with van der Waals surface area (Å²) in [6.07, 6.45) is 0.613. The molecule has 0 aliphatic rings. The maximum atomic E-state index is 11.9. The van der Waals surface area contributed by atoms with Crippen LogP contribution in [0.4, 0.5) is 5.95 Å². The molecule has 6 nitrogen and oxygen atoms in total. The molecule has 2 aromatic carbocycles. The molecule has 0 atom stereocenters. The summed E-state index contributed by atoms with van der Waals surface area (Å²) >= 11 is 0. The predicted molar refractivity (Wildman–Crippen MR) is 112 cm³/mol. The lowest BCUT2D eigenvalue weighted by Crippen LogP contribution is -2.04. The molecule has 144 valence electrons. The maximum absolute atomic E-state index is 11.9. The minimum Gasteiger partial charge on any atom is -0.462 e. The fourth-order valence-corrected chi connectivity index (χ4v) is 3.16. The Balaban J connectivity index is 1.72. The second kappa shape index (κ2) is 8.06. The predicted octanol–water partition coefficient (Wildman–Crippen LogP) is 4.04. The monoisotopic (exact) mass is 384 g/mol. The minimum atomic E-state index is -0.334. The Morgan fingerprint density at radius 3 is 2.41 bits per heavy atom. The zero-order valence-corrected chi connectivity index (χ0v) is 16.0. The number of nitrogen functional groups attached to an aromatic ring is 1. The topological polar surface area (TPSA) is 91.0 Å². The van der Waals surface area contributed by atoms with E-state index in [4.69, 9.17) is 15.5 Å². The highest BCUT2D eigenvalue weighted by molar-refractivity contribution is 5.90. The average Bonchev–Trinajstić information content (AvgIpc) is 2.74. The van der Waals surface area contributed by atoms with Crippen molar-refractivity contribution < 1.29 is 9.53 Å². The van der Waals surface area contributed by atoms with Crippen molar-refractivity contribution in [3.8, 4) is 11.3 Å². The van der Waals surface area contributed by atoms with E-state index in [1.54, 1.807) is 19.1 Å². The van der Waals surface area contributed by atoms with Crippen LogP contribution in [-0.2, 0) is 11.2 Å². The summed E-state index contributed by atoms with van der Waals surface area (Å²) in [7, 11) is 0. The number of ether oxygens (including phenoxy) is 1. The molecule has 2 heterocycles. The molecule has 2 N–H and O–H groups in total. The van der Waals surface area contributed by atoms with E-state index in [9.17, 15) is 4.79 Å². The van der Waals surface area contributed by atoms with Crippen molar-refractivity contribution in [3.05, 3.63) is 83.6 Å². The number of fused-ring (bicyclic) bond motifs is 1. The van der Waals surface area contributed by atoms with E-state index < -0.39 is 0 Å². The molecule has 0 amide bonds. The van der Waals surface area contributed by atoms with E-state index in [2.05, 4.69) is 9.97 Å². The SMILES string of the molecule is CCOC(=O)c1ccc(-c2ccc3nc(N)nc(Cc4ccccc4)c3n2)cc1. The van der Waals surface area contributed by atoms with Gasteiger partial charge in [-0.15, -0.1) is 0 Å². The third kappa shape index (κ3) is 4.06. The number of hydrogen-bond donors (Lipinski definition) is 1. The number of carbonyl (C=O) groups is 1. The average molecular weight is 384 g/mol. The van der Waals surface area contributed by atoms with Gasteiger partial charge in [-0.3, -0.25) is 0 Å². The van der Waals surface area contributed by atoms with Crippen LogP contribution in [0.3, 0.4) is 0 Å². The van der Waals surface area contributed by atoms with Crippen LogP contribution in [0.15, 0.2) is 66.7 Å². The number of nitrogens with two attached hydrogens (primary N) is 1. The van der Waals surface area contributed by atoms with E-state index >= 15 is 0 Å². The molecule has 0 saturated carbocycles. The molecule has 0 aliphatic heterocycles. The summed E-state index contributed by atoms with van der Waals surface area (Å²) in [5.74, 6) is -0.101. The van der Waals surface area contributed by atoms with Gasteiger partial charge < -0.3 is 10.5 Å². The number of carbonyl (C=O) groups excluding carboxylic acids is 1. The molecule has 0 saturated heterocycles. The first-order chi connectivity index (χ1) is 14.1. The summed E-state index contributed by atoms with van der Waals surface area (Å²) in [5, 5.41) is 0. The van der Waals surface area contributed by atoms with Crippen molar-refractivity contribution in [1.82, 2.24) is 15.0 Å². The molecule has 4 aromatic rings. The molecule has 4 rings (SSSR count). The van der Waals surface area contributed by atoms with Crippen LogP contribution >= 0.6 is 0 Å². The van der Waals surface area contributed by atoms with Crippen LogP contribution in [0, 0.1) is 0 Å². The zero-order chi connectivity index (χ0) is 20.2. The fourth-order valence-electron chi connectivity index (χ4n) is 3.16. The van der Waals surface area contributed by atoms with Gasteiger partial charge >= 0.3 is 5.97 Å². The summed E-state index contributed by atoms with van der Waals surface area (Å²) < 4.78 is 5.03. The highest BCUT2D eigenvalue weighted by atomic mass is 16.5. The number of pyridine rings is 1. The van der Waals surface area contributed by atoms with Gasteiger partial charge in [-0.1, -0.05) is 42.5 Å². The third-order valence-electron chi connectivity index (χ3n) is 4.54. The van der Waals surface area contributed by atoms with Gasteiger partial charge in [0.2, 0.25) is 5.95 Å². The number of rotatable bonds is 5. The molecule has 6 heteroatoms. The van der Waals surface area contributed by atoms with Gasteiger partial charge in [0.05, 0.1) is 29.1 Å². The van der Waals surface area contributed by atoms with Gasteiger partial charge in [-0.05, 0) is 36.8 Å². The van der Waals surface area contributed by atoms with Crippen LogP contribution in [0.1, 0.15) is 28.5 Å². The molecule has 0 radical (unpaired) electrons. The van der Waals surface area contributed by atoms with Crippen molar-refractivity contribution in [2.75, 3.05) is 12.3 Å². The lowest BCUT2D eigenvalue weighted by atomic mass is 10.1. The van der Waals surface area contributed by atoms with E-state index in [0.29, 0.717) is 24.1 Å². The highest BCUT2D eigenvalue weighted by Crippen LogP contribution is 2.24. The number of hydrogen-bond acceptors (Lipinski definition) is 6. The first kappa shape index (κ1) is 18.6. The van der Waals surface area contributed by atoms with Gasteiger partial charge in [-0.25, -0.2) is 19.7 Å². The second-order valence-electron chi connectivity index (χ2n) is 6.55. The van der Waals surface area contributed by atoms with Crippen molar-refractivity contribution >= 4 is 23.0 Å². The van der Waals surface area contributed by atoms with E-state index in [-0.39, 0.29) is 11.9 Å². The largest absolute Gasteiger partial charge is 0.462 e. The van der Waals surface area contributed by atoms with E-state index in [1.165, 1.54) is 0 Å². The van der Waals surface area contributed by atoms with Crippen molar-refractivity contribution in [2.45, 2.75) is 13.3 Å². The number of aromatic nitrogens is 3. The molecular formula is C23H20N4O2. The summed E-state index contributed by atoms with van der Waals surface area (Å²) in [6, 6.07) is 21.0. The Morgan fingerprint density at radius 2 is 1.69 bits per heavy atom. The van der Waals surface area contributed by atoms with Crippen molar-refractivity contribution in [1.29, 1.82) is 0 Å². The van der Waals surface area contributed by atoms with Crippen LogP contribution in [0.2, 0.25) is 0 Å². The highest BCUT2D eigenvalue weighted by Gasteiger charge is 2.12. The maximum Gasteiger partial charge on any atom is 0.338 e. The molecule has 0 spiro atoms. The smallest absolute Gasteiger partial charge is 0.338 e. The molecule has 0 aliphatic carbocycles. The Hall–Kier alpha value is -3.80. The molecule has 2 aromatic heterocycles. The molecule has 29 heavy (non-hydrogen) atoms. The zero-order valence-electron chi connectivity index (χ0n) is 16.0. The van der Waals surface area contributed by atoms with Gasteiger partial charge in [-0.2, -0.15) is 0 Å². The minimum absolute atomic E-state index is 0.233. The van der Waals surface area contributed by atoms with Crippen LogP contribution < -0.4 is 5.73 Å².